The number of rotatable bonds is 3. The third-order valence-corrected chi connectivity index (χ3v) is 5.08. The van der Waals surface area contributed by atoms with E-state index in [9.17, 15) is 0 Å². The maximum absolute atomic E-state index is 6.11. The highest BCUT2D eigenvalue weighted by Crippen LogP contribution is 2.41. The summed E-state index contributed by atoms with van der Waals surface area (Å²) in [5.74, 6) is 2.51. The summed E-state index contributed by atoms with van der Waals surface area (Å²) in [4.78, 5) is 6.99. The van der Waals surface area contributed by atoms with Crippen LogP contribution < -0.4 is 5.73 Å². The predicted octanol–water partition coefficient (Wildman–Crippen LogP) is 2.37. The lowest BCUT2D eigenvalue weighted by Gasteiger charge is -2.44. The van der Waals surface area contributed by atoms with Crippen LogP contribution in [0.3, 0.4) is 0 Å². The van der Waals surface area contributed by atoms with Crippen LogP contribution in [0.1, 0.15) is 51.9 Å². The molecular weight excluding hydrogens is 210 g/mol. The van der Waals surface area contributed by atoms with Gasteiger partial charge in [-0.3, -0.25) is 4.99 Å². The van der Waals surface area contributed by atoms with Crippen LogP contribution in [0.5, 0.6) is 0 Å². The van der Waals surface area contributed by atoms with Gasteiger partial charge in [0.25, 0.3) is 0 Å². The fraction of sp³-hybridized carbons (Fsp3) is 0.929. The normalized spacial score (nSPS) is 35.1. The van der Waals surface area contributed by atoms with Gasteiger partial charge in [-0.25, -0.2) is 0 Å². The Morgan fingerprint density at radius 3 is 2.59 bits per heavy atom. The average Bonchev–Trinajstić information content (AvgIpc) is 3.13. The fourth-order valence-corrected chi connectivity index (χ4v) is 3.61. The van der Waals surface area contributed by atoms with E-state index in [1.807, 2.05) is 0 Å². The number of guanidine groups is 1. The summed E-state index contributed by atoms with van der Waals surface area (Å²) in [6.07, 6.45) is 9.76. The van der Waals surface area contributed by atoms with Crippen molar-refractivity contribution >= 4 is 5.96 Å². The molecular formula is C14H25N3. The van der Waals surface area contributed by atoms with Crippen LogP contribution in [-0.2, 0) is 0 Å². The number of hydrogen-bond donors (Lipinski definition) is 1. The summed E-state index contributed by atoms with van der Waals surface area (Å²) in [5.41, 5.74) is 6.34. The standard InChI is InChI=1S/C14H25N3/c1-14(12-5-3-2-4-6-12)10-16-13(15)17(14)9-11-7-8-11/h11-12H,2-10H2,1H3,(H2,15,16). The maximum Gasteiger partial charge on any atom is 0.191 e. The van der Waals surface area contributed by atoms with Gasteiger partial charge in [0.15, 0.2) is 5.96 Å². The van der Waals surface area contributed by atoms with E-state index in [-0.39, 0.29) is 5.54 Å². The summed E-state index contributed by atoms with van der Waals surface area (Å²) >= 11 is 0. The Balaban J connectivity index is 1.74. The second-order valence-electron chi connectivity index (χ2n) is 6.42. The molecule has 2 saturated carbocycles. The quantitative estimate of drug-likeness (QED) is 0.816. The fourth-order valence-electron chi connectivity index (χ4n) is 3.61. The minimum absolute atomic E-state index is 0.229. The van der Waals surface area contributed by atoms with Crippen LogP contribution in [-0.4, -0.2) is 29.5 Å². The maximum atomic E-state index is 6.11. The van der Waals surface area contributed by atoms with E-state index in [0.717, 1.165) is 30.9 Å². The van der Waals surface area contributed by atoms with Crippen LogP contribution in [0.25, 0.3) is 0 Å². The predicted molar refractivity (Wildman–Crippen MR) is 70.9 cm³/mol. The first kappa shape index (κ1) is 11.4. The molecule has 3 nitrogen and oxygen atoms in total. The Morgan fingerprint density at radius 2 is 1.94 bits per heavy atom. The van der Waals surface area contributed by atoms with Gasteiger partial charge >= 0.3 is 0 Å². The smallest absolute Gasteiger partial charge is 0.191 e. The van der Waals surface area contributed by atoms with E-state index in [0.29, 0.717) is 0 Å². The van der Waals surface area contributed by atoms with Crippen LogP contribution in [0.15, 0.2) is 4.99 Å². The minimum atomic E-state index is 0.229. The molecule has 0 aromatic carbocycles. The molecule has 0 spiro atoms. The molecule has 0 saturated heterocycles. The molecule has 2 N–H and O–H groups in total. The molecule has 1 atom stereocenters. The molecule has 1 aliphatic heterocycles. The van der Waals surface area contributed by atoms with E-state index < -0.39 is 0 Å². The number of aliphatic imine (C=N–C) groups is 1. The monoisotopic (exact) mass is 235 g/mol. The number of nitrogens with two attached hydrogens (primary N) is 1. The SMILES string of the molecule is CC1(C2CCCCC2)CN=C(N)N1CC1CC1. The van der Waals surface area contributed by atoms with Gasteiger partial charge in [-0.05, 0) is 44.4 Å². The van der Waals surface area contributed by atoms with Gasteiger partial charge in [0.1, 0.15) is 0 Å². The van der Waals surface area contributed by atoms with Crippen molar-refractivity contribution in [3.8, 4) is 0 Å². The van der Waals surface area contributed by atoms with Gasteiger partial charge < -0.3 is 10.6 Å². The molecule has 0 aromatic rings. The zero-order valence-electron chi connectivity index (χ0n) is 11.0. The van der Waals surface area contributed by atoms with Crippen molar-refractivity contribution in [3.05, 3.63) is 0 Å². The van der Waals surface area contributed by atoms with Crippen LogP contribution in [0, 0.1) is 11.8 Å². The highest BCUT2D eigenvalue weighted by Gasteiger charge is 2.45. The molecule has 1 heterocycles. The number of nitrogens with zero attached hydrogens (tertiary/aromatic N) is 2. The molecule has 17 heavy (non-hydrogen) atoms. The first-order valence-electron chi connectivity index (χ1n) is 7.28. The topological polar surface area (TPSA) is 41.6 Å². The molecule has 96 valence electrons. The summed E-state index contributed by atoms with van der Waals surface area (Å²) < 4.78 is 0. The summed E-state index contributed by atoms with van der Waals surface area (Å²) in [6.45, 7) is 4.48. The van der Waals surface area contributed by atoms with Gasteiger partial charge in [0, 0.05) is 6.54 Å². The molecule has 0 radical (unpaired) electrons. The highest BCUT2D eigenvalue weighted by molar-refractivity contribution is 5.81. The van der Waals surface area contributed by atoms with Gasteiger partial charge in [0.2, 0.25) is 0 Å². The van der Waals surface area contributed by atoms with Gasteiger partial charge in [-0.15, -0.1) is 0 Å². The van der Waals surface area contributed by atoms with E-state index in [4.69, 9.17) is 5.73 Å². The van der Waals surface area contributed by atoms with E-state index in [2.05, 4.69) is 16.8 Å². The van der Waals surface area contributed by atoms with Gasteiger partial charge in [-0.2, -0.15) is 0 Å². The lowest BCUT2D eigenvalue weighted by atomic mass is 9.75. The van der Waals surface area contributed by atoms with E-state index in [1.165, 1.54) is 44.9 Å². The van der Waals surface area contributed by atoms with Gasteiger partial charge in [-0.1, -0.05) is 19.3 Å². The minimum Gasteiger partial charge on any atom is -0.370 e. The molecule has 3 heteroatoms. The molecule has 1 unspecified atom stereocenters. The van der Waals surface area contributed by atoms with Crippen LogP contribution >= 0.6 is 0 Å². The van der Waals surface area contributed by atoms with Crippen molar-refractivity contribution in [1.82, 2.24) is 4.90 Å². The molecule has 0 aromatic heterocycles. The molecule has 0 amide bonds. The molecule has 3 rings (SSSR count). The van der Waals surface area contributed by atoms with Crippen molar-refractivity contribution in [1.29, 1.82) is 0 Å². The van der Waals surface area contributed by atoms with Crippen molar-refractivity contribution < 1.29 is 0 Å². The number of hydrogen-bond acceptors (Lipinski definition) is 3. The summed E-state index contributed by atoms with van der Waals surface area (Å²) in [5, 5.41) is 0. The van der Waals surface area contributed by atoms with E-state index in [1.54, 1.807) is 0 Å². The lowest BCUT2D eigenvalue weighted by molar-refractivity contribution is 0.104. The molecule has 3 aliphatic rings. The van der Waals surface area contributed by atoms with E-state index >= 15 is 0 Å². The van der Waals surface area contributed by atoms with Crippen molar-refractivity contribution in [2.24, 2.45) is 22.6 Å². The lowest BCUT2D eigenvalue weighted by Crippen LogP contribution is -2.55. The Hall–Kier alpha value is -0.730. The second kappa shape index (κ2) is 4.18. The van der Waals surface area contributed by atoms with Gasteiger partial charge in [0.05, 0.1) is 12.1 Å². The van der Waals surface area contributed by atoms with Crippen molar-refractivity contribution in [3.63, 3.8) is 0 Å². The molecule has 0 bridgehead atoms. The van der Waals surface area contributed by atoms with Crippen LogP contribution in [0.2, 0.25) is 0 Å². The third-order valence-electron chi connectivity index (χ3n) is 5.08. The first-order chi connectivity index (χ1) is 8.20. The highest BCUT2D eigenvalue weighted by atomic mass is 15.4. The third kappa shape index (κ3) is 2.04. The van der Waals surface area contributed by atoms with Crippen molar-refractivity contribution in [2.45, 2.75) is 57.4 Å². The Bertz CT molecular complexity index is 315. The van der Waals surface area contributed by atoms with Crippen molar-refractivity contribution in [2.75, 3.05) is 13.1 Å². The zero-order chi connectivity index (χ0) is 11.9. The average molecular weight is 235 g/mol. The summed E-state index contributed by atoms with van der Waals surface area (Å²) in [6, 6.07) is 0. The first-order valence-corrected chi connectivity index (χ1v) is 7.28. The summed E-state index contributed by atoms with van der Waals surface area (Å²) in [7, 11) is 0. The van der Waals surface area contributed by atoms with Crippen LogP contribution in [0.4, 0.5) is 0 Å². The largest absolute Gasteiger partial charge is 0.370 e. The Morgan fingerprint density at radius 1 is 1.24 bits per heavy atom. The molecule has 2 fully saturated rings. The Kier molecular flexibility index (Phi) is 2.80. The second-order valence-corrected chi connectivity index (χ2v) is 6.42. The Labute approximate surface area is 104 Å². The zero-order valence-corrected chi connectivity index (χ0v) is 11.0. The molecule has 2 aliphatic carbocycles.